The highest BCUT2D eigenvalue weighted by Crippen LogP contribution is 2.24. The Morgan fingerprint density at radius 1 is 1.47 bits per heavy atom. The Morgan fingerprint density at radius 2 is 2.18 bits per heavy atom. The van der Waals surface area contributed by atoms with Gasteiger partial charge in [0.05, 0.1) is 10.6 Å². The lowest BCUT2D eigenvalue weighted by Gasteiger charge is -2.09. The second-order valence-electron chi connectivity index (χ2n) is 3.73. The Labute approximate surface area is 103 Å². The van der Waals surface area contributed by atoms with Gasteiger partial charge in [-0.25, -0.2) is 9.78 Å². The normalized spacial score (nSPS) is 10.5. The third kappa shape index (κ3) is 1.91. The van der Waals surface area contributed by atoms with E-state index in [9.17, 15) is 4.79 Å². The van der Waals surface area contributed by atoms with Crippen molar-refractivity contribution in [3.8, 4) is 5.82 Å². The highest BCUT2D eigenvalue weighted by Gasteiger charge is 2.17. The first-order chi connectivity index (χ1) is 8.02. The van der Waals surface area contributed by atoms with E-state index in [4.69, 9.17) is 16.7 Å². The van der Waals surface area contributed by atoms with Gasteiger partial charge in [0.15, 0.2) is 5.82 Å². The zero-order valence-corrected chi connectivity index (χ0v) is 10.2. The summed E-state index contributed by atoms with van der Waals surface area (Å²) in [5.74, 6) is -0.395. The Kier molecular flexibility index (Phi) is 2.90. The molecule has 1 N–H and O–H groups in total. The SMILES string of the molecule is Cc1cc(C(=O)O)c(C)n1-c1ncccc1Cl. The van der Waals surface area contributed by atoms with Gasteiger partial charge in [-0.15, -0.1) is 0 Å². The van der Waals surface area contributed by atoms with Gasteiger partial charge in [0.25, 0.3) is 0 Å². The van der Waals surface area contributed by atoms with Crippen LogP contribution in [0.4, 0.5) is 0 Å². The second-order valence-corrected chi connectivity index (χ2v) is 4.14. The Bertz CT molecular complexity index is 590. The highest BCUT2D eigenvalue weighted by atomic mass is 35.5. The summed E-state index contributed by atoms with van der Waals surface area (Å²) in [6, 6.07) is 5.07. The Hall–Kier alpha value is -1.81. The van der Waals surface area contributed by atoms with Crippen LogP contribution in [0.3, 0.4) is 0 Å². The summed E-state index contributed by atoms with van der Waals surface area (Å²) in [5, 5.41) is 9.54. The largest absolute Gasteiger partial charge is 0.478 e. The number of carboxylic acids is 1. The fourth-order valence-corrected chi connectivity index (χ4v) is 2.05. The number of carbonyl (C=O) groups is 1. The van der Waals surface area contributed by atoms with Crippen LogP contribution in [0.2, 0.25) is 5.02 Å². The van der Waals surface area contributed by atoms with E-state index in [0.717, 1.165) is 5.69 Å². The van der Waals surface area contributed by atoms with E-state index >= 15 is 0 Å². The van der Waals surface area contributed by atoms with Crippen LogP contribution in [0, 0.1) is 13.8 Å². The van der Waals surface area contributed by atoms with E-state index in [0.29, 0.717) is 16.5 Å². The third-order valence-electron chi connectivity index (χ3n) is 2.61. The van der Waals surface area contributed by atoms with Gasteiger partial charge in [-0.2, -0.15) is 0 Å². The van der Waals surface area contributed by atoms with Gasteiger partial charge < -0.3 is 9.67 Å². The monoisotopic (exact) mass is 250 g/mol. The number of rotatable bonds is 2. The van der Waals surface area contributed by atoms with E-state index in [1.165, 1.54) is 0 Å². The van der Waals surface area contributed by atoms with Crippen molar-refractivity contribution in [2.24, 2.45) is 0 Å². The first-order valence-corrected chi connectivity index (χ1v) is 5.43. The molecule has 88 valence electrons. The molecule has 0 aliphatic carbocycles. The molecule has 0 spiro atoms. The van der Waals surface area contributed by atoms with Crippen LogP contribution in [-0.4, -0.2) is 20.6 Å². The van der Waals surface area contributed by atoms with Crippen LogP contribution in [-0.2, 0) is 0 Å². The average molecular weight is 251 g/mol. The van der Waals surface area contributed by atoms with Crippen LogP contribution in [0.5, 0.6) is 0 Å². The zero-order chi connectivity index (χ0) is 12.6. The first-order valence-electron chi connectivity index (χ1n) is 5.05. The number of aryl methyl sites for hydroxylation is 1. The zero-order valence-electron chi connectivity index (χ0n) is 9.44. The predicted molar refractivity (Wildman–Crippen MR) is 65.0 cm³/mol. The number of aromatic carboxylic acids is 1. The molecule has 5 heteroatoms. The lowest BCUT2D eigenvalue weighted by atomic mass is 10.2. The number of pyridine rings is 1. The molecule has 0 aliphatic heterocycles. The van der Waals surface area contributed by atoms with E-state index in [1.807, 2.05) is 6.92 Å². The number of nitrogens with zero attached hydrogens (tertiary/aromatic N) is 2. The highest BCUT2D eigenvalue weighted by molar-refractivity contribution is 6.32. The van der Waals surface area contributed by atoms with Crippen LogP contribution in [0.1, 0.15) is 21.7 Å². The van der Waals surface area contributed by atoms with E-state index in [1.54, 1.807) is 35.9 Å². The van der Waals surface area contributed by atoms with E-state index in [-0.39, 0.29) is 5.56 Å². The summed E-state index contributed by atoms with van der Waals surface area (Å²) in [4.78, 5) is 15.2. The summed E-state index contributed by atoms with van der Waals surface area (Å²) in [5.41, 5.74) is 1.68. The fourth-order valence-electron chi connectivity index (χ4n) is 1.85. The molecule has 0 atom stereocenters. The first kappa shape index (κ1) is 11.7. The molecule has 0 saturated carbocycles. The molecule has 2 heterocycles. The summed E-state index contributed by atoms with van der Waals surface area (Å²) >= 11 is 6.06. The van der Waals surface area contributed by atoms with Crippen molar-refractivity contribution in [2.45, 2.75) is 13.8 Å². The molecule has 2 rings (SSSR count). The molecule has 17 heavy (non-hydrogen) atoms. The van der Waals surface area contributed by atoms with Gasteiger partial charge in [0, 0.05) is 17.6 Å². The third-order valence-corrected chi connectivity index (χ3v) is 2.91. The molecule has 0 amide bonds. The molecule has 2 aromatic rings. The van der Waals surface area contributed by atoms with Gasteiger partial charge in [0.2, 0.25) is 0 Å². The molecule has 0 aromatic carbocycles. The van der Waals surface area contributed by atoms with Crippen molar-refractivity contribution in [1.82, 2.24) is 9.55 Å². The van der Waals surface area contributed by atoms with Crippen LogP contribution in [0.25, 0.3) is 5.82 Å². The topological polar surface area (TPSA) is 55.1 Å². The summed E-state index contributed by atoms with van der Waals surface area (Å²) in [7, 11) is 0. The average Bonchev–Trinajstić information content (AvgIpc) is 2.56. The smallest absolute Gasteiger partial charge is 0.337 e. The lowest BCUT2D eigenvalue weighted by Crippen LogP contribution is -2.04. The van der Waals surface area contributed by atoms with E-state index in [2.05, 4.69) is 4.98 Å². The molecule has 0 bridgehead atoms. The second kappa shape index (κ2) is 4.22. The number of hydrogen-bond acceptors (Lipinski definition) is 2. The number of halogens is 1. The molecular weight excluding hydrogens is 240 g/mol. The molecule has 0 unspecified atom stereocenters. The van der Waals surface area contributed by atoms with E-state index < -0.39 is 5.97 Å². The van der Waals surface area contributed by atoms with Gasteiger partial charge in [-0.3, -0.25) is 0 Å². The predicted octanol–water partition coefficient (Wildman–Crippen LogP) is 2.84. The maximum Gasteiger partial charge on any atom is 0.337 e. The Balaban J connectivity index is 2.69. The minimum Gasteiger partial charge on any atom is -0.478 e. The van der Waals surface area contributed by atoms with Gasteiger partial charge in [0.1, 0.15) is 0 Å². The molecule has 0 saturated heterocycles. The molecule has 0 aliphatic rings. The molecule has 2 aromatic heterocycles. The van der Waals surface area contributed by atoms with Crippen LogP contribution < -0.4 is 0 Å². The maximum absolute atomic E-state index is 11.0. The summed E-state index contributed by atoms with van der Waals surface area (Å²) in [6.45, 7) is 3.56. The number of carboxylic acid groups (broad SMARTS) is 1. The molecule has 4 nitrogen and oxygen atoms in total. The van der Waals surface area contributed by atoms with Crippen molar-refractivity contribution in [3.05, 3.63) is 46.4 Å². The van der Waals surface area contributed by atoms with Gasteiger partial charge >= 0.3 is 5.97 Å². The van der Waals surface area contributed by atoms with Gasteiger partial charge in [-0.05, 0) is 32.0 Å². The van der Waals surface area contributed by atoms with Crippen molar-refractivity contribution < 1.29 is 9.90 Å². The quantitative estimate of drug-likeness (QED) is 0.892. The number of aromatic nitrogens is 2. The Morgan fingerprint density at radius 3 is 2.71 bits per heavy atom. The standard InChI is InChI=1S/C12H11ClN2O2/c1-7-6-9(12(16)17)8(2)15(7)11-10(13)4-3-5-14-11/h3-6H,1-2H3,(H,16,17). The summed E-state index contributed by atoms with van der Waals surface area (Å²) in [6.07, 6.45) is 1.63. The maximum atomic E-state index is 11.0. The molecule has 0 fully saturated rings. The number of hydrogen-bond donors (Lipinski definition) is 1. The van der Waals surface area contributed by atoms with Crippen LogP contribution >= 0.6 is 11.6 Å². The van der Waals surface area contributed by atoms with Crippen molar-refractivity contribution in [2.75, 3.05) is 0 Å². The van der Waals surface area contributed by atoms with Crippen molar-refractivity contribution >= 4 is 17.6 Å². The minimum absolute atomic E-state index is 0.268. The molecular formula is C12H11ClN2O2. The summed E-state index contributed by atoms with van der Waals surface area (Å²) < 4.78 is 1.74. The van der Waals surface area contributed by atoms with Gasteiger partial charge in [-0.1, -0.05) is 11.6 Å². The van der Waals surface area contributed by atoms with Crippen LogP contribution in [0.15, 0.2) is 24.4 Å². The lowest BCUT2D eigenvalue weighted by molar-refractivity contribution is 0.0696. The molecule has 0 radical (unpaired) electrons. The minimum atomic E-state index is -0.948. The fraction of sp³-hybridized carbons (Fsp3) is 0.167. The van der Waals surface area contributed by atoms with Crippen molar-refractivity contribution in [3.63, 3.8) is 0 Å². The van der Waals surface area contributed by atoms with Crippen molar-refractivity contribution in [1.29, 1.82) is 0 Å².